The number of benzene rings is 1. The fourth-order valence-corrected chi connectivity index (χ4v) is 2.99. The van der Waals surface area contributed by atoms with Gasteiger partial charge in [-0.25, -0.2) is 9.78 Å². The van der Waals surface area contributed by atoms with Crippen molar-refractivity contribution in [2.24, 2.45) is 0 Å². The summed E-state index contributed by atoms with van der Waals surface area (Å²) in [5.41, 5.74) is 0.137. The number of carbonyl (C=O) groups excluding carboxylic acids is 1. The number of hydrogen-bond donors (Lipinski definition) is 0. The molecular formula is C18H21ClN2O2. The lowest BCUT2D eigenvalue weighted by Crippen LogP contribution is -2.24. The van der Waals surface area contributed by atoms with Gasteiger partial charge in [-0.1, -0.05) is 11.6 Å². The summed E-state index contributed by atoms with van der Waals surface area (Å²) in [6, 6.07) is 5.38. The van der Waals surface area contributed by atoms with Crippen molar-refractivity contribution in [1.82, 2.24) is 4.98 Å². The first-order valence-corrected chi connectivity index (χ1v) is 8.22. The summed E-state index contributed by atoms with van der Waals surface area (Å²) in [4.78, 5) is 19.3. The zero-order valence-electron chi connectivity index (χ0n) is 14.6. The molecule has 1 aromatic carbocycles. The van der Waals surface area contributed by atoms with Crippen LogP contribution >= 0.6 is 11.6 Å². The average Bonchev–Trinajstić information content (AvgIpc) is 2.99. The van der Waals surface area contributed by atoms with Crippen LogP contribution in [-0.4, -0.2) is 29.6 Å². The first-order valence-electron chi connectivity index (χ1n) is 8.34. The Kier molecular flexibility index (Phi) is 3.85. The normalized spacial score (nSPS) is 15.8. The van der Waals surface area contributed by atoms with Crippen LogP contribution in [0.3, 0.4) is 0 Å². The highest BCUT2D eigenvalue weighted by molar-refractivity contribution is 6.35. The van der Waals surface area contributed by atoms with Gasteiger partial charge in [-0.05, 0) is 57.9 Å². The van der Waals surface area contributed by atoms with Crippen LogP contribution in [0.15, 0.2) is 24.2 Å². The predicted octanol–water partition coefficient (Wildman–Crippen LogP) is 4.44. The summed E-state index contributed by atoms with van der Waals surface area (Å²) in [6.07, 6.45) is 2.30. The largest absolute Gasteiger partial charge is 0.456 e. The molecule has 0 N–H and O–H groups in total. The van der Waals surface area contributed by atoms with Crippen molar-refractivity contribution in [3.63, 3.8) is 0 Å². The molecule has 2 heterocycles. The number of anilines is 1. The van der Waals surface area contributed by atoms with Crippen molar-refractivity contribution in [1.29, 1.82) is 0 Å². The standard InChI is InChI=1S/C18H21ClN2O2/c1-18(2,3)23-17(22)16-12-6-9-15(21-10-4-5-11-21)20-14(12)8-7-13(16)19/h6-9H,4-5,10-11H2,1-3H3/i8D. The Labute approximate surface area is 142 Å². The smallest absolute Gasteiger partial charge is 0.340 e. The number of rotatable bonds is 2. The second-order valence-electron chi connectivity index (χ2n) is 6.77. The number of carbonyl (C=O) groups is 1. The summed E-state index contributed by atoms with van der Waals surface area (Å²) in [6.45, 7) is 7.37. The number of aromatic nitrogens is 1. The lowest BCUT2D eigenvalue weighted by Gasteiger charge is -2.21. The van der Waals surface area contributed by atoms with E-state index in [-0.39, 0.29) is 16.6 Å². The molecule has 0 unspecified atom stereocenters. The number of fused-ring (bicyclic) bond motifs is 1. The van der Waals surface area contributed by atoms with E-state index >= 15 is 0 Å². The van der Waals surface area contributed by atoms with Gasteiger partial charge in [-0.15, -0.1) is 0 Å². The molecule has 1 aliphatic heterocycles. The Balaban J connectivity index is 2.10. The van der Waals surface area contributed by atoms with Crippen LogP contribution < -0.4 is 4.90 Å². The number of ether oxygens (including phenoxy) is 1. The van der Waals surface area contributed by atoms with Crippen LogP contribution in [0.4, 0.5) is 5.82 Å². The van der Waals surface area contributed by atoms with Gasteiger partial charge in [0, 0.05) is 18.5 Å². The Morgan fingerprint density at radius 3 is 2.65 bits per heavy atom. The van der Waals surface area contributed by atoms with E-state index < -0.39 is 11.6 Å². The molecule has 3 rings (SSSR count). The Bertz CT molecular complexity index is 796. The minimum Gasteiger partial charge on any atom is -0.456 e. The number of nitrogens with zero attached hydrogens (tertiary/aromatic N) is 2. The number of hydrogen-bond acceptors (Lipinski definition) is 4. The molecule has 0 bridgehead atoms. The Morgan fingerprint density at radius 1 is 1.30 bits per heavy atom. The first kappa shape index (κ1) is 14.8. The van der Waals surface area contributed by atoms with Gasteiger partial charge < -0.3 is 9.64 Å². The SMILES string of the molecule is [2H]c1cc(Cl)c(C(=O)OC(C)(C)C)c2ccc(N3CCCC3)nc12. The fraction of sp³-hybridized carbons (Fsp3) is 0.444. The summed E-state index contributed by atoms with van der Waals surface area (Å²) in [5, 5.41) is 0.780. The van der Waals surface area contributed by atoms with Crippen LogP contribution in [0.2, 0.25) is 5.02 Å². The van der Waals surface area contributed by atoms with Crippen molar-refractivity contribution >= 4 is 34.3 Å². The van der Waals surface area contributed by atoms with E-state index in [4.69, 9.17) is 17.7 Å². The molecule has 0 saturated carbocycles. The third kappa shape index (κ3) is 3.42. The van der Waals surface area contributed by atoms with E-state index in [2.05, 4.69) is 9.88 Å². The lowest BCUT2D eigenvalue weighted by molar-refractivity contribution is 0.00720. The molecule has 0 atom stereocenters. The quantitative estimate of drug-likeness (QED) is 0.762. The summed E-state index contributed by atoms with van der Waals surface area (Å²) in [5.74, 6) is 0.346. The van der Waals surface area contributed by atoms with Gasteiger partial charge in [0.25, 0.3) is 0 Å². The zero-order valence-corrected chi connectivity index (χ0v) is 14.4. The molecule has 5 heteroatoms. The van der Waals surface area contributed by atoms with E-state index in [1.165, 1.54) is 6.07 Å². The lowest BCUT2D eigenvalue weighted by atomic mass is 10.1. The molecule has 2 aromatic rings. The Hall–Kier alpha value is -1.81. The molecule has 0 radical (unpaired) electrons. The minimum absolute atomic E-state index is 0.211. The van der Waals surface area contributed by atoms with Crippen LogP contribution in [0.25, 0.3) is 10.9 Å². The second-order valence-corrected chi connectivity index (χ2v) is 7.18. The topological polar surface area (TPSA) is 42.4 Å². The van der Waals surface area contributed by atoms with Crippen LogP contribution in [-0.2, 0) is 4.74 Å². The van der Waals surface area contributed by atoms with Gasteiger partial charge >= 0.3 is 5.97 Å². The maximum Gasteiger partial charge on any atom is 0.340 e. The Morgan fingerprint density at radius 2 is 2.00 bits per heavy atom. The molecule has 1 saturated heterocycles. The van der Waals surface area contributed by atoms with Gasteiger partial charge in [0.15, 0.2) is 0 Å². The summed E-state index contributed by atoms with van der Waals surface area (Å²) >= 11 is 6.24. The van der Waals surface area contributed by atoms with Gasteiger partial charge in [0.2, 0.25) is 0 Å². The van der Waals surface area contributed by atoms with Gasteiger partial charge in [-0.3, -0.25) is 0 Å². The van der Waals surface area contributed by atoms with Crippen LogP contribution in [0, 0.1) is 0 Å². The number of halogens is 1. The van der Waals surface area contributed by atoms with E-state index in [9.17, 15) is 4.79 Å². The minimum atomic E-state index is -0.616. The van der Waals surface area contributed by atoms with Gasteiger partial charge in [-0.2, -0.15) is 0 Å². The van der Waals surface area contributed by atoms with Crippen LogP contribution in [0.1, 0.15) is 45.3 Å². The van der Waals surface area contributed by atoms with Crippen LogP contribution in [0.5, 0.6) is 0 Å². The van der Waals surface area contributed by atoms with Crippen molar-refractivity contribution in [2.45, 2.75) is 39.2 Å². The highest BCUT2D eigenvalue weighted by Crippen LogP contribution is 2.29. The fourth-order valence-electron chi connectivity index (χ4n) is 2.75. The molecule has 122 valence electrons. The predicted molar refractivity (Wildman–Crippen MR) is 93.4 cm³/mol. The van der Waals surface area contributed by atoms with E-state index in [1.54, 1.807) is 0 Å². The third-order valence-corrected chi connectivity index (χ3v) is 4.06. The van der Waals surface area contributed by atoms with Crippen molar-refractivity contribution in [3.05, 3.63) is 34.8 Å². The average molecular weight is 334 g/mol. The van der Waals surface area contributed by atoms with Crippen molar-refractivity contribution < 1.29 is 10.9 Å². The number of esters is 1. The van der Waals surface area contributed by atoms with E-state index in [0.29, 0.717) is 10.9 Å². The molecule has 0 amide bonds. The summed E-state index contributed by atoms with van der Waals surface area (Å²) < 4.78 is 13.6. The molecule has 1 aromatic heterocycles. The highest BCUT2D eigenvalue weighted by atomic mass is 35.5. The van der Waals surface area contributed by atoms with E-state index in [0.717, 1.165) is 31.7 Å². The van der Waals surface area contributed by atoms with Crippen molar-refractivity contribution in [3.8, 4) is 0 Å². The van der Waals surface area contributed by atoms with Gasteiger partial charge in [0.1, 0.15) is 11.4 Å². The second kappa shape index (κ2) is 6.00. The number of pyridine rings is 1. The van der Waals surface area contributed by atoms with E-state index in [1.807, 2.05) is 32.9 Å². The van der Waals surface area contributed by atoms with Gasteiger partial charge in [0.05, 0.1) is 17.5 Å². The summed E-state index contributed by atoms with van der Waals surface area (Å²) in [7, 11) is 0. The highest BCUT2D eigenvalue weighted by Gasteiger charge is 2.23. The third-order valence-electron chi connectivity index (χ3n) is 3.76. The molecule has 0 spiro atoms. The molecule has 4 nitrogen and oxygen atoms in total. The molecule has 1 fully saturated rings. The first-order chi connectivity index (χ1) is 11.3. The monoisotopic (exact) mass is 333 g/mol. The maximum absolute atomic E-state index is 12.5. The molecule has 23 heavy (non-hydrogen) atoms. The van der Waals surface area contributed by atoms with Crippen molar-refractivity contribution in [2.75, 3.05) is 18.0 Å². The molecule has 0 aliphatic carbocycles. The molecule has 1 aliphatic rings. The maximum atomic E-state index is 12.5. The molecular weight excluding hydrogens is 312 g/mol. The zero-order chi connectivity index (χ0) is 17.5.